The van der Waals surface area contributed by atoms with E-state index in [-0.39, 0.29) is 23.1 Å². The third-order valence-electron chi connectivity index (χ3n) is 7.50. The van der Waals surface area contributed by atoms with Gasteiger partial charge in [0.25, 0.3) is 0 Å². The third-order valence-corrected chi connectivity index (χ3v) is 7.50. The highest BCUT2D eigenvalue weighted by Gasteiger charge is 2.32. The molecule has 3 aromatic rings. The minimum atomic E-state index is -4.60. The average Bonchev–Trinajstić information content (AvgIpc) is 3.27. The number of imidazole rings is 1. The van der Waals surface area contributed by atoms with Gasteiger partial charge in [-0.15, -0.1) is 0 Å². The first-order valence-corrected chi connectivity index (χ1v) is 12.6. The predicted octanol–water partition coefficient (Wildman–Crippen LogP) is 5.47. The molecule has 1 aliphatic heterocycles. The van der Waals surface area contributed by atoms with Crippen LogP contribution in [0.15, 0.2) is 18.2 Å². The molecule has 0 amide bonds. The number of aromatic nitrogens is 4. The van der Waals surface area contributed by atoms with Crippen molar-refractivity contribution in [1.29, 1.82) is 0 Å². The van der Waals surface area contributed by atoms with E-state index in [1.807, 2.05) is 0 Å². The molecule has 37 heavy (non-hydrogen) atoms. The second-order valence-corrected chi connectivity index (χ2v) is 10.3. The predicted molar refractivity (Wildman–Crippen MR) is 132 cm³/mol. The Hall–Kier alpha value is -2.99. The Bertz CT molecular complexity index is 1250. The van der Waals surface area contributed by atoms with Gasteiger partial charge in [0.05, 0.1) is 16.9 Å². The van der Waals surface area contributed by atoms with Crippen molar-refractivity contribution < 1.29 is 22.3 Å². The molecule has 1 saturated carbocycles. The summed E-state index contributed by atoms with van der Waals surface area (Å²) in [5.41, 5.74) is 6.09. The first kappa shape index (κ1) is 25.7. The zero-order valence-corrected chi connectivity index (χ0v) is 20.6. The third kappa shape index (κ3) is 5.64. The van der Waals surface area contributed by atoms with Gasteiger partial charge in [-0.05, 0) is 76.1 Å². The number of hydrogen-bond donors (Lipinski definition) is 4. The maximum atomic E-state index is 14.4. The van der Waals surface area contributed by atoms with Crippen LogP contribution < -0.4 is 16.4 Å². The molecule has 12 heteroatoms. The number of fused-ring (bicyclic) bond motifs is 1. The van der Waals surface area contributed by atoms with Crippen LogP contribution in [-0.2, 0) is 10.9 Å². The highest BCUT2D eigenvalue weighted by molar-refractivity contribution is 5.79. The Morgan fingerprint density at radius 3 is 2.51 bits per heavy atom. The number of alkyl halides is 3. The lowest BCUT2D eigenvalue weighted by atomic mass is 9.80. The molecule has 200 valence electrons. The van der Waals surface area contributed by atoms with E-state index in [4.69, 9.17) is 15.5 Å². The van der Waals surface area contributed by atoms with E-state index in [0.717, 1.165) is 56.4 Å². The summed E-state index contributed by atoms with van der Waals surface area (Å²) in [5.74, 6) is 0.338. The van der Waals surface area contributed by atoms with Gasteiger partial charge in [-0.2, -0.15) is 23.1 Å². The van der Waals surface area contributed by atoms with Crippen LogP contribution in [0.25, 0.3) is 11.2 Å². The summed E-state index contributed by atoms with van der Waals surface area (Å²) in [6.07, 6.45) is 0.782. The number of benzene rings is 1. The molecule has 0 unspecified atom stereocenters. The lowest BCUT2D eigenvalue weighted by Gasteiger charge is -2.34. The molecule has 0 atom stereocenters. The van der Waals surface area contributed by atoms with Crippen molar-refractivity contribution >= 4 is 28.7 Å². The normalized spacial score (nSPS) is 22.2. The van der Waals surface area contributed by atoms with E-state index < -0.39 is 17.6 Å². The van der Waals surface area contributed by atoms with Crippen LogP contribution in [-0.4, -0.2) is 45.2 Å². The average molecular weight is 522 g/mol. The van der Waals surface area contributed by atoms with Crippen LogP contribution in [0, 0.1) is 11.7 Å². The van der Waals surface area contributed by atoms with Crippen LogP contribution in [0.3, 0.4) is 0 Å². The molecule has 1 aromatic carbocycles. The summed E-state index contributed by atoms with van der Waals surface area (Å²) in [6.45, 7) is 4.03. The van der Waals surface area contributed by atoms with Crippen molar-refractivity contribution in [3.8, 4) is 0 Å². The van der Waals surface area contributed by atoms with Gasteiger partial charge in [0.1, 0.15) is 11.3 Å². The number of H-pyrrole nitrogens is 1. The van der Waals surface area contributed by atoms with Crippen molar-refractivity contribution in [2.24, 2.45) is 11.7 Å². The summed E-state index contributed by atoms with van der Waals surface area (Å²) < 4.78 is 59.4. The fourth-order valence-corrected chi connectivity index (χ4v) is 5.14. The SMILES string of the molecule is CC1(Nc2nc(C3CCC(CN)CC3)c3[nH]c(Nc4cc(C(F)(F)F)ccc4F)nc3n2)CCOCC1. The van der Waals surface area contributed by atoms with Gasteiger partial charge in [0.2, 0.25) is 11.9 Å². The number of nitrogens with one attached hydrogen (secondary N) is 3. The number of hydrogen-bond acceptors (Lipinski definition) is 7. The Morgan fingerprint density at radius 2 is 1.84 bits per heavy atom. The summed E-state index contributed by atoms with van der Waals surface area (Å²) in [5, 5.41) is 6.13. The van der Waals surface area contributed by atoms with E-state index in [2.05, 4.69) is 32.5 Å². The van der Waals surface area contributed by atoms with Crippen LogP contribution in [0.2, 0.25) is 0 Å². The monoisotopic (exact) mass is 521 g/mol. The van der Waals surface area contributed by atoms with Crippen LogP contribution >= 0.6 is 0 Å². The largest absolute Gasteiger partial charge is 0.416 e. The Balaban J connectivity index is 1.50. The number of rotatable bonds is 6. The molecule has 0 bridgehead atoms. The summed E-state index contributed by atoms with van der Waals surface area (Å²) in [4.78, 5) is 17.0. The van der Waals surface area contributed by atoms with Gasteiger partial charge >= 0.3 is 6.18 Å². The molecule has 5 N–H and O–H groups in total. The molecule has 3 heterocycles. The Morgan fingerprint density at radius 1 is 1.11 bits per heavy atom. The van der Waals surface area contributed by atoms with Crippen molar-refractivity contribution in [2.75, 3.05) is 30.4 Å². The molecule has 5 rings (SSSR count). The second kappa shape index (κ2) is 10.1. The van der Waals surface area contributed by atoms with Gasteiger partial charge in [-0.3, -0.25) is 0 Å². The Kier molecular flexibility index (Phi) is 6.97. The minimum absolute atomic E-state index is 0.0915. The number of anilines is 3. The summed E-state index contributed by atoms with van der Waals surface area (Å²) >= 11 is 0. The van der Waals surface area contributed by atoms with E-state index >= 15 is 0 Å². The van der Waals surface area contributed by atoms with Crippen LogP contribution in [0.5, 0.6) is 0 Å². The van der Waals surface area contributed by atoms with Crippen molar-refractivity contribution in [3.05, 3.63) is 35.3 Å². The van der Waals surface area contributed by atoms with Gasteiger partial charge in [-0.1, -0.05) is 0 Å². The maximum absolute atomic E-state index is 14.4. The lowest BCUT2D eigenvalue weighted by molar-refractivity contribution is -0.137. The lowest BCUT2D eigenvalue weighted by Crippen LogP contribution is -2.41. The highest BCUT2D eigenvalue weighted by atomic mass is 19.4. The molecule has 0 radical (unpaired) electrons. The summed E-state index contributed by atoms with van der Waals surface area (Å²) in [7, 11) is 0. The fourth-order valence-electron chi connectivity index (χ4n) is 5.14. The summed E-state index contributed by atoms with van der Waals surface area (Å²) in [6, 6.07) is 2.21. The highest BCUT2D eigenvalue weighted by Crippen LogP contribution is 2.38. The molecule has 8 nitrogen and oxygen atoms in total. The molecule has 2 fully saturated rings. The molecule has 1 saturated heterocycles. The molecule has 2 aromatic heterocycles. The number of nitrogens with zero attached hydrogens (tertiary/aromatic N) is 3. The smallest absolute Gasteiger partial charge is 0.381 e. The molecule has 2 aliphatic rings. The quantitative estimate of drug-likeness (QED) is 0.318. The second-order valence-electron chi connectivity index (χ2n) is 10.3. The van der Waals surface area contributed by atoms with E-state index in [9.17, 15) is 17.6 Å². The number of aromatic amines is 1. The zero-order valence-electron chi connectivity index (χ0n) is 20.6. The van der Waals surface area contributed by atoms with E-state index in [0.29, 0.717) is 48.9 Å². The van der Waals surface area contributed by atoms with Gasteiger partial charge < -0.3 is 26.1 Å². The first-order valence-electron chi connectivity index (χ1n) is 12.6. The van der Waals surface area contributed by atoms with Gasteiger partial charge in [0, 0.05) is 24.7 Å². The van der Waals surface area contributed by atoms with E-state index in [1.165, 1.54) is 0 Å². The van der Waals surface area contributed by atoms with Crippen molar-refractivity contribution in [2.45, 2.75) is 63.1 Å². The van der Waals surface area contributed by atoms with Crippen LogP contribution in [0.4, 0.5) is 35.1 Å². The topological polar surface area (TPSA) is 114 Å². The standard InChI is InChI=1S/C25H31F4N7O/c1-24(8-10-37-11-9-24)36-23-32-19(15-4-2-14(13-30)3-5-15)20-21(35-23)34-22(33-20)31-18-12-16(25(27,28)29)6-7-17(18)26/h6-7,12,14-15H,2-5,8-11,13,30H2,1H3,(H3,31,32,33,34,35,36). The molecule has 0 spiro atoms. The fraction of sp³-hybridized carbons (Fsp3) is 0.560. The Labute approximate surface area is 211 Å². The van der Waals surface area contributed by atoms with Crippen molar-refractivity contribution in [3.63, 3.8) is 0 Å². The molecular formula is C25H31F4N7O. The minimum Gasteiger partial charge on any atom is -0.381 e. The number of nitrogens with two attached hydrogens (primary N) is 1. The van der Waals surface area contributed by atoms with E-state index in [1.54, 1.807) is 0 Å². The zero-order chi connectivity index (χ0) is 26.2. The maximum Gasteiger partial charge on any atom is 0.416 e. The first-order chi connectivity index (χ1) is 17.6. The van der Waals surface area contributed by atoms with Gasteiger partial charge in [0.15, 0.2) is 5.65 Å². The van der Waals surface area contributed by atoms with Gasteiger partial charge in [-0.25, -0.2) is 9.37 Å². The molecule has 1 aliphatic carbocycles. The molecular weight excluding hydrogens is 490 g/mol. The number of halogens is 4. The van der Waals surface area contributed by atoms with Crippen molar-refractivity contribution in [1.82, 2.24) is 19.9 Å². The van der Waals surface area contributed by atoms with Crippen LogP contribution in [0.1, 0.15) is 62.6 Å². The number of ether oxygens (including phenoxy) is 1.